The third-order valence-electron chi connectivity index (χ3n) is 6.05. The van der Waals surface area contributed by atoms with Crippen molar-refractivity contribution in [2.24, 2.45) is 10.3 Å². The van der Waals surface area contributed by atoms with E-state index in [9.17, 15) is 13.8 Å². The van der Waals surface area contributed by atoms with E-state index in [-0.39, 0.29) is 22.8 Å². The van der Waals surface area contributed by atoms with Crippen LogP contribution in [-0.2, 0) is 20.9 Å². The smallest absolute Gasteiger partial charge is 0.231 e. The van der Waals surface area contributed by atoms with Crippen molar-refractivity contribution in [2.75, 3.05) is 11.6 Å². The Hall–Kier alpha value is -2.31. The van der Waals surface area contributed by atoms with Gasteiger partial charge >= 0.3 is 0 Å². The zero-order valence-electron chi connectivity index (χ0n) is 19.6. The van der Waals surface area contributed by atoms with Crippen LogP contribution in [0.15, 0.2) is 69.9 Å². The molecular weight excluding hydrogens is 612 g/mol. The van der Waals surface area contributed by atoms with Crippen LogP contribution in [0.4, 0.5) is 5.69 Å². The summed E-state index contributed by atoms with van der Waals surface area (Å²) < 4.78 is 14.5. The molecule has 1 fully saturated rings. The van der Waals surface area contributed by atoms with Gasteiger partial charge in [-0.05, 0) is 59.7 Å². The Kier molecular flexibility index (Phi) is 8.34. The van der Waals surface area contributed by atoms with Crippen LogP contribution in [0.1, 0.15) is 27.4 Å². The van der Waals surface area contributed by atoms with Crippen molar-refractivity contribution in [2.45, 2.75) is 21.6 Å². The minimum atomic E-state index is -2.83. The molecule has 3 atom stereocenters. The number of nitrogens with zero attached hydrogens (tertiary/aromatic N) is 2. The number of halogens is 5. The van der Waals surface area contributed by atoms with Crippen molar-refractivity contribution in [1.29, 1.82) is 5.26 Å². The number of rotatable bonds is 7. The van der Waals surface area contributed by atoms with E-state index in [0.29, 0.717) is 31.8 Å². The predicted molar refractivity (Wildman–Crippen MR) is 152 cm³/mol. The molecule has 3 aromatic rings. The van der Waals surface area contributed by atoms with E-state index in [2.05, 4.69) is 9.68 Å². The molecule has 4 rings (SSSR count). The fourth-order valence-electron chi connectivity index (χ4n) is 4.13. The highest BCUT2D eigenvalue weighted by atomic mass is 35.5. The molecular formula is C26H18Cl5N3O3S. The Bertz CT molecular complexity index is 1590. The number of hydrogen-bond acceptors (Lipinski definition) is 5. The number of carbonyl (C=O) groups excluding carboxylic acids is 2. The SMILES string of the molecule is CS(=O)(=NC#N)c1ccc(CC(=O)c2cc(NC(=O)C3C(c4cc(Cl)cc(Cl)c4)C3(Cl)Cl)ccc2Cl)cc1. The quantitative estimate of drug-likeness (QED) is 0.166. The highest BCUT2D eigenvalue weighted by Crippen LogP contribution is 2.65. The van der Waals surface area contributed by atoms with Gasteiger partial charge in [-0.25, -0.2) is 4.21 Å². The average Bonchev–Trinajstić information content (AvgIpc) is 3.42. The first-order valence-corrected chi connectivity index (χ1v) is 14.8. The molecule has 196 valence electrons. The van der Waals surface area contributed by atoms with Crippen molar-refractivity contribution in [3.8, 4) is 6.19 Å². The van der Waals surface area contributed by atoms with Gasteiger partial charge in [-0.1, -0.05) is 46.9 Å². The molecule has 38 heavy (non-hydrogen) atoms. The molecule has 0 radical (unpaired) electrons. The molecule has 0 heterocycles. The van der Waals surface area contributed by atoms with Gasteiger partial charge in [-0.2, -0.15) is 5.26 Å². The molecule has 3 unspecified atom stereocenters. The number of Topliss-reactive ketones (excluding diaryl/α,β-unsaturated/α-hetero) is 1. The summed E-state index contributed by atoms with van der Waals surface area (Å²) in [6.07, 6.45) is 2.92. The van der Waals surface area contributed by atoms with E-state index in [1.54, 1.807) is 54.7 Å². The molecule has 0 aromatic heterocycles. The van der Waals surface area contributed by atoms with E-state index in [4.69, 9.17) is 63.3 Å². The van der Waals surface area contributed by atoms with Gasteiger partial charge in [0.1, 0.15) is 4.33 Å². The van der Waals surface area contributed by atoms with Gasteiger partial charge in [-0.15, -0.1) is 27.6 Å². The number of alkyl halides is 2. The summed E-state index contributed by atoms with van der Waals surface area (Å²) in [7, 11) is -2.83. The van der Waals surface area contributed by atoms with Gasteiger partial charge < -0.3 is 5.32 Å². The van der Waals surface area contributed by atoms with Gasteiger partial charge in [-0.3, -0.25) is 9.59 Å². The van der Waals surface area contributed by atoms with E-state index < -0.39 is 31.8 Å². The molecule has 0 spiro atoms. The average molecular weight is 630 g/mol. The normalized spacial score (nSPS) is 19.1. The molecule has 12 heteroatoms. The zero-order valence-corrected chi connectivity index (χ0v) is 24.1. The number of ketones is 1. The number of nitrogens with one attached hydrogen (secondary N) is 1. The molecule has 0 aliphatic heterocycles. The maximum absolute atomic E-state index is 13.0. The summed E-state index contributed by atoms with van der Waals surface area (Å²) >= 11 is 31.3. The lowest BCUT2D eigenvalue weighted by atomic mass is 10.0. The van der Waals surface area contributed by atoms with E-state index in [0.717, 1.165) is 0 Å². The Labute approximate surface area is 245 Å². The third kappa shape index (κ3) is 6.12. The van der Waals surface area contributed by atoms with Crippen LogP contribution >= 0.6 is 58.0 Å². The molecule has 3 aromatic carbocycles. The van der Waals surface area contributed by atoms with Gasteiger partial charge in [0.05, 0.1) is 20.7 Å². The molecule has 0 bridgehead atoms. The van der Waals surface area contributed by atoms with Crippen molar-refractivity contribution in [3.05, 3.63) is 92.4 Å². The van der Waals surface area contributed by atoms with Gasteiger partial charge in [0.2, 0.25) is 12.1 Å². The van der Waals surface area contributed by atoms with Gasteiger partial charge in [0.15, 0.2) is 5.78 Å². The summed E-state index contributed by atoms with van der Waals surface area (Å²) in [5, 5.41) is 12.5. The first kappa shape index (κ1) is 28.7. The summed E-state index contributed by atoms with van der Waals surface area (Å²) in [6, 6.07) is 15.9. The van der Waals surface area contributed by atoms with Crippen LogP contribution in [0.2, 0.25) is 15.1 Å². The molecule has 1 aliphatic rings. The Morgan fingerprint density at radius 2 is 1.66 bits per heavy atom. The monoisotopic (exact) mass is 627 g/mol. The van der Waals surface area contributed by atoms with Gasteiger partial charge in [0, 0.05) is 44.8 Å². The number of benzene rings is 3. The van der Waals surface area contributed by atoms with Crippen LogP contribution < -0.4 is 5.32 Å². The number of amides is 1. The van der Waals surface area contributed by atoms with E-state index in [1.807, 2.05) is 0 Å². The topological polar surface area (TPSA) is 99.4 Å². The highest BCUT2D eigenvalue weighted by molar-refractivity contribution is 7.93. The molecule has 1 amide bonds. The van der Waals surface area contributed by atoms with Gasteiger partial charge in [0.25, 0.3) is 0 Å². The molecule has 1 saturated carbocycles. The van der Waals surface area contributed by atoms with E-state index in [1.165, 1.54) is 18.4 Å². The number of anilines is 1. The van der Waals surface area contributed by atoms with Crippen LogP contribution in [0.3, 0.4) is 0 Å². The number of hydrogen-bond donors (Lipinski definition) is 1. The first-order valence-electron chi connectivity index (χ1n) is 11.0. The van der Waals surface area contributed by atoms with Crippen molar-refractivity contribution in [3.63, 3.8) is 0 Å². The van der Waals surface area contributed by atoms with Crippen molar-refractivity contribution in [1.82, 2.24) is 0 Å². The standard InChI is InChI=1S/C26H18Cl5N3O3S/c1-38(37,33-13-32)19-5-2-14(3-6-19)8-22(35)20-12-18(4-7-21(20)29)34-25(36)24-23(26(24,30)31)15-9-16(27)11-17(28)10-15/h2-7,9-12,23-24H,8H2,1H3,(H,34,36). The predicted octanol–water partition coefficient (Wildman–Crippen LogP) is 7.54. The zero-order chi connectivity index (χ0) is 27.8. The Morgan fingerprint density at radius 3 is 2.26 bits per heavy atom. The maximum atomic E-state index is 13.0. The lowest BCUT2D eigenvalue weighted by Gasteiger charge is -2.10. The fraction of sp³-hybridized carbons (Fsp3) is 0.192. The second kappa shape index (κ2) is 11.1. The van der Waals surface area contributed by atoms with E-state index >= 15 is 0 Å². The number of carbonyl (C=O) groups is 2. The molecule has 6 nitrogen and oxygen atoms in total. The Balaban J connectivity index is 1.49. The van der Waals surface area contributed by atoms with Crippen LogP contribution in [-0.4, -0.2) is 26.5 Å². The lowest BCUT2D eigenvalue weighted by Crippen LogP contribution is -2.17. The third-order valence-corrected chi connectivity index (χ3v) is 9.34. The minimum absolute atomic E-state index is 0.00436. The van der Waals surface area contributed by atoms with Crippen LogP contribution in [0.5, 0.6) is 0 Å². The number of nitriles is 1. The molecule has 0 saturated heterocycles. The molecule has 1 aliphatic carbocycles. The first-order chi connectivity index (χ1) is 17.8. The summed E-state index contributed by atoms with van der Waals surface area (Å²) in [5.74, 6) is -2.01. The second-order valence-corrected chi connectivity index (χ2v) is 13.7. The summed E-state index contributed by atoms with van der Waals surface area (Å²) in [5.41, 5.74) is 1.85. The molecule has 1 N–H and O–H groups in total. The van der Waals surface area contributed by atoms with Crippen LogP contribution in [0.25, 0.3) is 0 Å². The summed E-state index contributed by atoms with van der Waals surface area (Å²) in [6.45, 7) is 0. The summed E-state index contributed by atoms with van der Waals surface area (Å²) in [4.78, 5) is 26.5. The minimum Gasteiger partial charge on any atom is -0.326 e. The van der Waals surface area contributed by atoms with Crippen molar-refractivity contribution < 1.29 is 13.8 Å². The Morgan fingerprint density at radius 1 is 1.03 bits per heavy atom. The lowest BCUT2D eigenvalue weighted by molar-refractivity contribution is -0.117. The second-order valence-electron chi connectivity index (χ2n) is 8.75. The fourth-order valence-corrected chi connectivity index (χ4v) is 6.63. The van der Waals surface area contributed by atoms with Crippen LogP contribution in [0, 0.1) is 17.4 Å². The highest BCUT2D eigenvalue weighted by Gasteiger charge is 2.67. The van der Waals surface area contributed by atoms with Crippen molar-refractivity contribution >= 4 is 85.1 Å². The largest absolute Gasteiger partial charge is 0.326 e. The maximum Gasteiger partial charge on any atom is 0.231 e.